The van der Waals surface area contributed by atoms with Gasteiger partial charge in [0.1, 0.15) is 0 Å². The number of aryl methyl sites for hydroxylation is 1. The van der Waals surface area contributed by atoms with Gasteiger partial charge in [-0.25, -0.2) is 0 Å². The molecule has 0 unspecified atom stereocenters. The predicted octanol–water partition coefficient (Wildman–Crippen LogP) is 1.64. The third kappa shape index (κ3) is 1.20. The summed E-state index contributed by atoms with van der Waals surface area (Å²) in [7, 11) is 0. The number of H-pyrrole nitrogens is 1. The minimum absolute atomic E-state index is 0.410. The van der Waals surface area contributed by atoms with Crippen LogP contribution in [0.5, 0.6) is 0 Å². The standard InChI is InChI=1S/C12H13NO2/c14-12(15)7-3-5-9-8-4-1-2-6-10(8)13-11(9)12/h1-2,4,6,13-15H,3,5,7H2. The topological polar surface area (TPSA) is 56.2 Å². The van der Waals surface area contributed by atoms with Crippen molar-refractivity contribution in [3.05, 3.63) is 35.5 Å². The third-order valence-electron chi connectivity index (χ3n) is 3.17. The summed E-state index contributed by atoms with van der Waals surface area (Å²) in [5.74, 6) is -1.67. The van der Waals surface area contributed by atoms with E-state index in [2.05, 4.69) is 4.98 Å². The van der Waals surface area contributed by atoms with Gasteiger partial charge in [0.25, 0.3) is 0 Å². The van der Waals surface area contributed by atoms with Crippen molar-refractivity contribution in [1.29, 1.82) is 0 Å². The van der Waals surface area contributed by atoms with E-state index in [0.29, 0.717) is 12.1 Å². The van der Waals surface area contributed by atoms with Crippen LogP contribution in [-0.4, -0.2) is 15.2 Å². The highest BCUT2D eigenvalue weighted by atomic mass is 16.5. The second-order valence-electron chi connectivity index (χ2n) is 4.19. The summed E-state index contributed by atoms with van der Waals surface area (Å²) in [4.78, 5) is 3.11. The number of benzene rings is 1. The molecule has 3 heteroatoms. The molecule has 0 amide bonds. The number of para-hydroxylation sites is 1. The molecule has 15 heavy (non-hydrogen) atoms. The van der Waals surface area contributed by atoms with Crippen molar-refractivity contribution in [2.75, 3.05) is 0 Å². The van der Waals surface area contributed by atoms with Gasteiger partial charge in [0.2, 0.25) is 5.79 Å². The first-order valence-corrected chi connectivity index (χ1v) is 5.23. The summed E-state index contributed by atoms with van der Waals surface area (Å²) in [6.07, 6.45) is 2.15. The van der Waals surface area contributed by atoms with Crippen molar-refractivity contribution in [1.82, 2.24) is 4.98 Å². The summed E-state index contributed by atoms with van der Waals surface area (Å²) < 4.78 is 0. The zero-order chi connectivity index (χ0) is 10.5. The average molecular weight is 203 g/mol. The normalized spacial score (nSPS) is 19.1. The quantitative estimate of drug-likeness (QED) is 0.570. The average Bonchev–Trinajstić information content (AvgIpc) is 2.58. The molecule has 1 heterocycles. The summed E-state index contributed by atoms with van der Waals surface area (Å²) >= 11 is 0. The van der Waals surface area contributed by atoms with Crippen LogP contribution < -0.4 is 0 Å². The molecular weight excluding hydrogens is 190 g/mol. The highest BCUT2D eigenvalue weighted by Crippen LogP contribution is 2.36. The Kier molecular flexibility index (Phi) is 1.69. The fraction of sp³-hybridized carbons (Fsp3) is 0.333. The van der Waals surface area contributed by atoms with Gasteiger partial charge in [-0.2, -0.15) is 0 Å². The van der Waals surface area contributed by atoms with Crippen molar-refractivity contribution in [3.63, 3.8) is 0 Å². The molecule has 0 radical (unpaired) electrons. The molecule has 78 valence electrons. The van der Waals surface area contributed by atoms with Gasteiger partial charge in [0, 0.05) is 17.3 Å². The van der Waals surface area contributed by atoms with E-state index in [4.69, 9.17) is 0 Å². The lowest BCUT2D eigenvalue weighted by molar-refractivity contribution is -0.181. The van der Waals surface area contributed by atoms with Crippen LogP contribution in [0.25, 0.3) is 10.9 Å². The molecule has 0 fully saturated rings. The molecule has 0 aliphatic heterocycles. The molecule has 3 nitrogen and oxygen atoms in total. The van der Waals surface area contributed by atoms with Crippen LogP contribution in [0.4, 0.5) is 0 Å². The maximum absolute atomic E-state index is 9.85. The van der Waals surface area contributed by atoms with Crippen molar-refractivity contribution in [3.8, 4) is 0 Å². The Balaban J connectivity index is 2.34. The van der Waals surface area contributed by atoms with Crippen LogP contribution in [0.15, 0.2) is 24.3 Å². The minimum Gasteiger partial charge on any atom is -0.361 e. The van der Waals surface area contributed by atoms with E-state index in [-0.39, 0.29) is 0 Å². The number of aliphatic hydroxyl groups is 2. The molecule has 1 aromatic carbocycles. The fourth-order valence-electron chi connectivity index (χ4n) is 2.44. The molecule has 3 N–H and O–H groups in total. The van der Waals surface area contributed by atoms with Gasteiger partial charge in [-0.15, -0.1) is 0 Å². The Hall–Kier alpha value is -1.32. The Morgan fingerprint density at radius 1 is 1.20 bits per heavy atom. The second-order valence-corrected chi connectivity index (χ2v) is 4.19. The molecule has 2 aromatic rings. The van der Waals surface area contributed by atoms with Crippen LogP contribution >= 0.6 is 0 Å². The van der Waals surface area contributed by atoms with Crippen LogP contribution in [0.1, 0.15) is 24.1 Å². The number of rotatable bonds is 0. The molecule has 1 aliphatic rings. The minimum atomic E-state index is -1.67. The zero-order valence-electron chi connectivity index (χ0n) is 8.33. The first kappa shape index (κ1) is 8.95. The van der Waals surface area contributed by atoms with E-state index < -0.39 is 5.79 Å². The van der Waals surface area contributed by atoms with E-state index in [9.17, 15) is 10.2 Å². The molecule has 3 rings (SSSR count). The summed E-state index contributed by atoms with van der Waals surface area (Å²) in [5.41, 5.74) is 2.62. The predicted molar refractivity (Wildman–Crippen MR) is 57.4 cm³/mol. The number of hydrogen-bond acceptors (Lipinski definition) is 2. The van der Waals surface area contributed by atoms with Gasteiger partial charge in [-0.3, -0.25) is 0 Å². The Morgan fingerprint density at radius 3 is 2.87 bits per heavy atom. The smallest absolute Gasteiger partial charge is 0.205 e. The van der Waals surface area contributed by atoms with Gasteiger partial charge in [0.15, 0.2) is 0 Å². The van der Waals surface area contributed by atoms with Crippen molar-refractivity contribution >= 4 is 10.9 Å². The maximum Gasteiger partial charge on any atom is 0.205 e. The number of nitrogens with one attached hydrogen (secondary N) is 1. The Morgan fingerprint density at radius 2 is 2.00 bits per heavy atom. The lowest BCUT2D eigenvalue weighted by Gasteiger charge is -2.26. The molecule has 0 spiro atoms. The largest absolute Gasteiger partial charge is 0.361 e. The molecule has 0 bridgehead atoms. The van der Waals surface area contributed by atoms with Crippen LogP contribution in [0, 0.1) is 0 Å². The summed E-state index contributed by atoms with van der Waals surface area (Å²) in [6, 6.07) is 7.90. The maximum atomic E-state index is 9.85. The first-order chi connectivity index (χ1) is 7.18. The van der Waals surface area contributed by atoms with E-state index in [1.165, 1.54) is 0 Å². The number of aromatic nitrogens is 1. The lowest BCUT2D eigenvalue weighted by atomic mass is 9.91. The summed E-state index contributed by atoms with van der Waals surface area (Å²) in [5, 5.41) is 20.8. The third-order valence-corrected chi connectivity index (χ3v) is 3.17. The molecule has 0 saturated heterocycles. The first-order valence-electron chi connectivity index (χ1n) is 5.23. The lowest BCUT2D eigenvalue weighted by Crippen LogP contribution is -2.29. The van der Waals surface area contributed by atoms with Crippen LogP contribution in [0.3, 0.4) is 0 Å². The number of aromatic amines is 1. The fourth-order valence-corrected chi connectivity index (χ4v) is 2.44. The van der Waals surface area contributed by atoms with Crippen molar-refractivity contribution < 1.29 is 10.2 Å². The van der Waals surface area contributed by atoms with Gasteiger partial charge in [0.05, 0.1) is 5.69 Å². The van der Waals surface area contributed by atoms with E-state index in [1.54, 1.807) is 0 Å². The Bertz CT molecular complexity index is 513. The number of fused-ring (bicyclic) bond motifs is 3. The highest BCUT2D eigenvalue weighted by molar-refractivity contribution is 5.85. The Labute approximate surface area is 87.4 Å². The monoisotopic (exact) mass is 203 g/mol. The summed E-state index contributed by atoms with van der Waals surface area (Å²) in [6.45, 7) is 0. The molecule has 0 atom stereocenters. The van der Waals surface area contributed by atoms with E-state index >= 15 is 0 Å². The van der Waals surface area contributed by atoms with E-state index in [1.807, 2.05) is 24.3 Å². The van der Waals surface area contributed by atoms with Gasteiger partial charge >= 0.3 is 0 Å². The molecule has 1 aliphatic carbocycles. The molecular formula is C12H13NO2. The SMILES string of the molecule is OC1(O)CCCc2c1[nH]c1ccccc21. The van der Waals surface area contributed by atoms with Crippen molar-refractivity contribution in [2.24, 2.45) is 0 Å². The highest BCUT2D eigenvalue weighted by Gasteiger charge is 2.34. The zero-order valence-corrected chi connectivity index (χ0v) is 8.33. The van der Waals surface area contributed by atoms with Crippen LogP contribution in [-0.2, 0) is 12.2 Å². The number of hydrogen-bond donors (Lipinski definition) is 3. The molecule has 1 aromatic heterocycles. The van der Waals surface area contributed by atoms with Crippen LogP contribution in [0.2, 0.25) is 0 Å². The molecule has 0 saturated carbocycles. The van der Waals surface area contributed by atoms with Crippen molar-refractivity contribution in [2.45, 2.75) is 25.0 Å². The second kappa shape index (κ2) is 2.84. The van der Waals surface area contributed by atoms with Gasteiger partial charge in [-0.1, -0.05) is 18.2 Å². The van der Waals surface area contributed by atoms with Gasteiger partial charge in [-0.05, 0) is 24.5 Å². The van der Waals surface area contributed by atoms with Gasteiger partial charge < -0.3 is 15.2 Å². The van der Waals surface area contributed by atoms with E-state index in [0.717, 1.165) is 29.3 Å².